The van der Waals surface area contributed by atoms with Crippen molar-refractivity contribution in [3.63, 3.8) is 0 Å². The lowest BCUT2D eigenvalue weighted by atomic mass is 10.00. The van der Waals surface area contributed by atoms with Crippen LogP contribution >= 0.6 is 0 Å². The van der Waals surface area contributed by atoms with Crippen molar-refractivity contribution in [1.82, 2.24) is 0 Å². The zero-order chi connectivity index (χ0) is 14.7. The van der Waals surface area contributed by atoms with Gasteiger partial charge in [0.1, 0.15) is 24.1 Å². The lowest BCUT2D eigenvalue weighted by Crippen LogP contribution is -2.58. The van der Waals surface area contributed by atoms with Crippen LogP contribution in [0.2, 0.25) is 0 Å². The second-order valence-corrected chi connectivity index (χ2v) is 4.78. The predicted octanol–water partition coefficient (Wildman–Crippen LogP) is -0.0410. The van der Waals surface area contributed by atoms with Crippen LogP contribution in [0.25, 0.3) is 0 Å². The number of aliphatic hydroxyl groups excluding tert-OH is 3. The summed E-state index contributed by atoms with van der Waals surface area (Å²) in [6.45, 7) is 1.59. The van der Waals surface area contributed by atoms with E-state index in [1.807, 2.05) is 6.07 Å². The maximum absolute atomic E-state index is 9.82. The van der Waals surface area contributed by atoms with E-state index in [4.69, 9.17) is 14.7 Å². The molecule has 6 nitrogen and oxygen atoms in total. The summed E-state index contributed by atoms with van der Waals surface area (Å²) in [4.78, 5) is 0. The first-order chi connectivity index (χ1) is 9.52. The fourth-order valence-electron chi connectivity index (χ4n) is 2.02. The maximum Gasteiger partial charge on any atom is 0.229 e. The van der Waals surface area contributed by atoms with E-state index < -0.39 is 30.7 Å². The van der Waals surface area contributed by atoms with Crippen molar-refractivity contribution in [2.24, 2.45) is 0 Å². The molecule has 1 aliphatic rings. The van der Waals surface area contributed by atoms with Gasteiger partial charge in [-0.25, -0.2) is 0 Å². The Kier molecular flexibility index (Phi) is 4.57. The van der Waals surface area contributed by atoms with Gasteiger partial charge in [0.2, 0.25) is 6.29 Å². The molecule has 0 radical (unpaired) electrons. The molecule has 0 amide bonds. The van der Waals surface area contributed by atoms with Crippen molar-refractivity contribution in [1.29, 1.82) is 5.26 Å². The van der Waals surface area contributed by atoms with Crippen LogP contribution in [0, 0.1) is 11.3 Å². The lowest BCUT2D eigenvalue weighted by molar-refractivity contribution is -0.268. The topological polar surface area (TPSA) is 103 Å². The van der Waals surface area contributed by atoms with Crippen LogP contribution in [0.4, 0.5) is 0 Å². The van der Waals surface area contributed by atoms with E-state index in [0.29, 0.717) is 12.2 Å². The molecule has 108 valence electrons. The molecule has 1 fully saturated rings. The van der Waals surface area contributed by atoms with Crippen molar-refractivity contribution in [2.75, 3.05) is 0 Å². The van der Waals surface area contributed by atoms with E-state index in [-0.39, 0.29) is 0 Å². The predicted molar refractivity (Wildman–Crippen MR) is 68.7 cm³/mol. The Morgan fingerprint density at radius 1 is 1.15 bits per heavy atom. The highest BCUT2D eigenvalue weighted by atomic mass is 16.7. The van der Waals surface area contributed by atoms with Gasteiger partial charge in [-0.3, -0.25) is 0 Å². The third kappa shape index (κ3) is 3.08. The molecular weight excluding hydrogens is 262 g/mol. The standard InChI is InChI=1S/C14H17NO5/c1-8-11(16)12(17)13(18)14(19-8)20-10-4-2-9(3-5-10)6-7-15/h2-5,8,11-14,16-18H,6H2,1H3/t8-,11-,12+,13+,14?/m0/s1. The fourth-order valence-corrected chi connectivity index (χ4v) is 2.02. The molecule has 1 heterocycles. The van der Waals surface area contributed by atoms with Gasteiger partial charge in [-0.2, -0.15) is 5.26 Å². The van der Waals surface area contributed by atoms with Gasteiger partial charge in [-0.15, -0.1) is 0 Å². The quantitative estimate of drug-likeness (QED) is 0.717. The van der Waals surface area contributed by atoms with Crippen molar-refractivity contribution in [2.45, 2.75) is 44.1 Å². The van der Waals surface area contributed by atoms with E-state index in [1.54, 1.807) is 31.2 Å². The number of nitrogens with zero attached hydrogens (tertiary/aromatic N) is 1. The molecular formula is C14H17NO5. The first kappa shape index (κ1) is 14.8. The first-order valence-electron chi connectivity index (χ1n) is 6.35. The molecule has 0 saturated carbocycles. The minimum Gasteiger partial charge on any atom is -0.462 e. The van der Waals surface area contributed by atoms with Gasteiger partial charge in [0, 0.05) is 0 Å². The second-order valence-electron chi connectivity index (χ2n) is 4.78. The third-order valence-electron chi connectivity index (χ3n) is 3.27. The molecule has 0 aliphatic carbocycles. The number of rotatable bonds is 3. The molecule has 3 N–H and O–H groups in total. The summed E-state index contributed by atoms with van der Waals surface area (Å²) in [7, 11) is 0. The molecule has 0 bridgehead atoms. The van der Waals surface area contributed by atoms with Crippen molar-refractivity contribution < 1.29 is 24.8 Å². The zero-order valence-electron chi connectivity index (χ0n) is 11.0. The van der Waals surface area contributed by atoms with E-state index in [2.05, 4.69) is 0 Å². The number of benzene rings is 1. The van der Waals surface area contributed by atoms with Gasteiger partial charge in [0.15, 0.2) is 0 Å². The van der Waals surface area contributed by atoms with Crippen LogP contribution in [0.1, 0.15) is 12.5 Å². The Morgan fingerprint density at radius 2 is 1.80 bits per heavy atom. The van der Waals surface area contributed by atoms with Crippen LogP contribution < -0.4 is 4.74 Å². The average molecular weight is 279 g/mol. The van der Waals surface area contributed by atoms with Crippen LogP contribution in [0.5, 0.6) is 5.75 Å². The zero-order valence-corrected chi connectivity index (χ0v) is 11.0. The molecule has 0 aromatic heterocycles. The lowest BCUT2D eigenvalue weighted by Gasteiger charge is -2.38. The summed E-state index contributed by atoms with van der Waals surface area (Å²) in [6, 6.07) is 8.83. The summed E-state index contributed by atoms with van der Waals surface area (Å²) in [6.07, 6.45) is -5.18. The van der Waals surface area contributed by atoms with Gasteiger partial charge in [-0.1, -0.05) is 12.1 Å². The number of nitriles is 1. The summed E-state index contributed by atoms with van der Waals surface area (Å²) < 4.78 is 10.8. The molecule has 2 rings (SSSR count). The molecule has 1 aliphatic heterocycles. The summed E-state index contributed by atoms with van der Waals surface area (Å²) in [5.41, 5.74) is 0.855. The molecule has 20 heavy (non-hydrogen) atoms. The Balaban J connectivity index is 2.04. The molecule has 1 saturated heterocycles. The summed E-state index contributed by atoms with van der Waals surface area (Å²) in [5, 5.41) is 37.7. The van der Waals surface area contributed by atoms with Crippen LogP contribution in [-0.2, 0) is 11.2 Å². The minimum atomic E-state index is -1.33. The Morgan fingerprint density at radius 3 is 2.40 bits per heavy atom. The monoisotopic (exact) mass is 279 g/mol. The van der Waals surface area contributed by atoms with Crippen molar-refractivity contribution in [3.05, 3.63) is 29.8 Å². The van der Waals surface area contributed by atoms with E-state index in [1.165, 1.54) is 0 Å². The largest absolute Gasteiger partial charge is 0.462 e. The number of hydrogen-bond acceptors (Lipinski definition) is 6. The van der Waals surface area contributed by atoms with Gasteiger partial charge in [0.25, 0.3) is 0 Å². The number of ether oxygens (including phenoxy) is 2. The SMILES string of the molecule is C[C@@H]1OC(Oc2ccc(CC#N)cc2)[C@H](O)[C@H](O)[C@H]1O. The number of aliphatic hydroxyl groups is 3. The molecule has 1 unspecified atom stereocenters. The minimum absolute atomic E-state index is 0.310. The Bertz CT molecular complexity index is 483. The van der Waals surface area contributed by atoms with E-state index in [0.717, 1.165) is 5.56 Å². The van der Waals surface area contributed by atoms with Gasteiger partial charge < -0.3 is 24.8 Å². The van der Waals surface area contributed by atoms with Gasteiger partial charge in [0.05, 0.1) is 18.6 Å². The molecule has 5 atom stereocenters. The smallest absolute Gasteiger partial charge is 0.229 e. The highest BCUT2D eigenvalue weighted by Crippen LogP contribution is 2.24. The summed E-state index contributed by atoms with van der Waals surface area (Å²) in [5.74, 6) is 0.450. The van der Waals surface area contributed by atoms with Crippen LogP contribution in [-0.4, -0.2) is 46.0 Å². The van der Waals surface area contributed by atoms with Gasteiger partial charge >= 0.3 is 0 Å². The third-order valence-corrected chi connectivity index (χ3v) is 3.27. The number of hydrogen-bond donors (Lipinski definition) is 3. The first-order valence-corrected chi connectivity index (χ1v) is 6.35. The molecule has 1 aromatic carbocycles. The molecule has 1 aromatic rings. The van der Waals surface area contributed by atoms with Crippen molar-refractivity contribution in [3.8, 4) is 11.8 Å². The molecule has 6 heteroatoms. The Hall–Kier alpha value is -1.65. The van der Waals surface area contributed by atoms with Crippen LogP contribution in [0.15, 0.2) is 24.3 Å². The van der Waals surface area contributed by atoms with Gasteiger partial charge in [-0.05, 0) is 24.6 Å². The Labute approximate surface area is 116 Å². The van der Waals surface area contributed by atoms with E-state index >= 15 is 0 Å². The highest BCUT2D eigenvalue weighted by molar-refractivity contribution is 5.28. The van der Waals surface area contributed by atoms with E-state index in [9.17, 15) is 15.3 Å². The highest BCUT2D eigenvalue weighted by Gasteiger charge is 2.43. The van der Waals surface area contributed by atoms with Crippen LogP contribution in [0.3, 0.4) is 0 Å². The summed E-state index contributed by atoms with van der Waals surface area (Å²) >= 11 is 0. The normalized spacial score (nSPS) is 33.5. The average Bonchev–Trinajstić information content (AvgIpc) is 2.45. The second kappa shape index (κ2) is 6.20. The maximum atomic E-state index is 9.82. The van der Waals surface area contributed by atoms with Crippen molar-refractivity contribution >= 4 is 0 Å². The molecule has 0 spiro atoms. The fraction of sp³-hybridized carbons (Fsp3) is 0.500.